The van der Waals surface area contributed by atoms with Crippen LogP contribution >= 0.6 is 0 Å². The maximum atomic E-state index is 12.3. The second-order valence-corrected chi connectivity index (χ2v) is 6.83. The van der Waals surface area contributed by atoms with Crippen molar-refractivity contribution in [2.45, 2.75) is 83.3 Å². The number of likely N-dealkylation sites (tertiary alicyclic amines) is 1. The molecule has 2 unspecified atom stereocenters. The van der Waals surface area contributed by atoms with Gasteiger partial charge in [0.2, 0.25) is 5.91 Å². The highest BCUT2D eigenvalue weighted by Crippen LogP contribution is 2.20. The number of nitrogens with one attached hydrogen (secondary N) is 2. The summed E-state index contributed by atoms with van der Waals surface area (Å²) in [5.41, 5.74) is 0. The molecule has 0 radical (unpaired) electrons. The fraction of sp³-hybridized carbons (Fsp3) is 0.941. The molecule has 2 atom stereocenters. The van der Waals surface area contributed by atoms with Gasteiger partial charge in [-0.25, -0.2) is 0 Å². The molecule has 4 heteroatoms. The Bertz CT molecular complexity index is 315. The van der Waals surface area contributed by atoms with Crippen LogP contribution in [0.2, 0.25) is 0 Å². The molecule has 1 saturated carbocycles. The number of rotatable bonds is 7. The molecule has 1 saturated heterocycles. The van der Waals surface area contributed by atoms with E-state index in [-0.39, 0.29) is 5.91 Å². The third-order valence-electron chi connectivity index (χ3n) is 5.02. The minimum Gasteiger partial charge on any atom is -0.352 e. The van der Waals surface area contributed by atoms with Crippen molar-refractivity contribution in [3.63, 3.8) is 0 Å². The first-order chi connectivity index (χ1) is 10.2. The molecule has 1 heterocycles. The molecular formula is C17H33N3O. The molecule has 4 nitrogen and oxygen atoms in total. The molecule has 1 aliphatic heterocycles. The molecule has 2 aliphatic rings. The van der Waals surface area contributed by atoms with E-state index >= 15 is 0 Å². The van der Waals surface area contributed by atoms with E-state index in [0.29, 0.717) is 24.7 Å². The van der Waals surface area contributed by atoms with Gasteiger partial charge in [0, 0.05) is 18.1 Å². The summed E-state index contributed by atoms with van der Waals surface area (Å²) >= 11 is 0. The summed E-state index contributed by atoms with van der Waals surface area (Å²) in [6, 6.07) is 1.43. The van der Waals surface area contributed by atoms with Gasteiger partial charge in [-0.05, 0) is 52.1 Å². The normalized spacial score (nSPS) is 25.9. The number of hydrogen-bond acceptors (Lipinski definition) is 3. The van der Waals surface area contributed by atoms with Crippen molar-refractivity contribution < 1.29 is 4.79 Å². The highest BCUT2D eigenvalue weighted by Gasteiger charge is 2.29. The van der Waals surface area contributed by atoms with Gasteiger partial charge in [-0.2, -0.15) is 0 Å². The van der Waals surface area contributed by atoms with E-state index in [2.05, 4.69) is 29.4 Å². The molecule has 2 rings (SSSR count). The van der Waals surface area contributed by atoms with E-state index in [1.165, 1.54) is 51.4 Å². The van der Waals surface area contributed by atoms with Crippen LogP contribution in [-0.2, 0) is 4.79 Å². The second kappa shape index (κ2) is 8.74. The quantitative estimate of drug-likeness (QED) is 0.757. The van der Waals surface area contributed by atoms with Crippen molar-refractivity contribution in [3.8, 4) is 0 Å². The minimum absolute atomic E-state index is 0.233. The van der Waals surface area contributed by atoms with E-state index < -0.39 is 0 Å². The Morgan fingerprint density at radius 3 is 2.62 bits per heavy atom. The molecule has 2 N–H and O–H groups in total. The van der Waals surface area contributed by atoms with Crippen molar-refractivity contribution in [2.75, 3.05) is 19.6 Å². The number of nitrogens with zero attached hydrogens (tertiary/aromatic N) is 1. The summed E-state index contributed by atoms with van der Waals surface area (Å²) in [6.45, 7) is 7.20. The molecule has 2 fully saturated rings. The van der Waals surface area contributed by atoms with Crippen LogP contribution in [0.15, 0.2) is 0 Å². The van der Waals surface area contributed by atoms with Gasteiger partial charge in [-0.15, -0.1) is 0 Å². The lowest BCUT2D eigenvalue weighted by Gasteiger charge is -2.39. The molecule has 122 valence electrons. The Morgan fingerprint density at radius 2 is 1.90 bits per heavy atom. The predicted octanol–water partition coefficient (Wildman–Crippen LogP) is 2.29. The second-order valence-electron chi connectivity index (χ2n) is 6.83. The van der Waals surface area contributed by atoms with Gasteiger partial charge in [-0.1, -0.05) is 26.2 Å². The summed E-state index contributed by atoms with van der Waals surface area (Å²) < 4.78 is 0. The molecule has 0 bridgehead atoms. The Labute approximate surface area is 130 Å². The molecular weight excluding hydrogens is 262 g/mol. The molecule has 0 spiro atoms. The summed E-state index contributed by atoms with van der Waals surface area (Å²) in [6.07, 6.45) is 9.79. The lowest BCUT2D eigenvalue weighted by Crippen LogP contribution is -2.54. The van der Waals surface area contributed by atoms with E-state index in [1.54, 1.807) is 0 Å². The summed E-state index contributed by atoms with van der Waals surface area (Å²) in [4.78, 5) is 14.7. The Morgan fingerprint density at radius 1 is 1.19 bits per heavy atom. The number of piperidine rings is 1. The Hall–Kier alpha value is -0.610. The summed E-state index contributed by atoms with van der Waals surface area (Å²) in [5, 5.41) is 6.83. The van der Waals surface area contributed by atoms with Crippen molar-refractivity contribution in [1.82, 2.24) is 15.5 Å². The van der Waals surface area contributed by atoms with Gasteiger partial charge >= 0.3 is 0 Å². The van der Waals surface area contributed by atoms with E-state index in [1.807, 2.05) is 0 Å². The van der Waals surface area contributed by atoms with Crippen LogP contribution in [0.4, 0.5) is 0 Å². The van der Waals surface area contributed by atoms with Crippen molar-refractivity contribution >= 4 is 5.91 Å². The number of carbonyl (C=O) groups is 1. The third-order valence-corrected chi connectivity index (χ3v) is 5.02. The lowest BCUT2D eigenvalue weighted by atomic mass is 9.96. The van der Waals surface area contributed by atoms with Gasteiger partial charge < -0.3 is 10.6 Å². The summed E-state index contributed by atoms with van der Waals surface area (Å²) in [5.74, 6) is 0.233. The van der Waals surface area contributed by atoms with E-state index in [0.717, 1.165) is 13.1 Å². The standard InChI is InChI=1S/C17H33N3O/c1-3-11-18-14(2)16-10-6-7-12-20(16)13-17(21)19-15-8-4-5-9-15/h14-16,18H,3-13H2,1-2H3,(H,19,21). The highest BCUT2D eigenvalue weighted by atomic mass is 16.2. The third kappa shape index (κ3) is 5.26. The SMILES string of the molecule is CCCNC(C)C1CCCCN1CC(=O)NC1CCCC1. The van der Waals surface area contributed by atoms with Crippen LogP contribution in [0, 0.1) is 0 Å². The topological polar surface area (TPSA) is 44.4 Å². The Kier molecular flexibility index (Phi) is 6.97. The van der Waals surface area contributed by atoms with Gasteiger partial charge in [0.05, 0.1) is 6.54 Å². The average Bonchev–Trinajstić information content (AvgIpc) is 2.98. The largest absolute Gasteiger partial charge is 0.352 e. The first-order valence-corrected chi connectivity index (χ1v) is 8.97. The van der Waals surface area contributed by atoms with Crippen LogP contribution in [0.25, 0.3) is 0 Å². The van der Waals surface area contributed by atoms with Crippen LogP contribution in [0.3, 0.4) is 0 Å². The zero-order chi connectivity index (χ0) is 15.1. The molecule has 0 aromatic rings. The molecule has 1 aliphatic carbocycles. The maximum Gasteiger partial charge on any atom is 0.234 e. The fourth-order valence-corrected chi connectivity index (χ4v) is 3.82. The molecule has 21 heavy (non-hydrogen) atoms. The smallest absolute Gasteiger partial charge is 0.234 e. The van der Waals surface area contributed by atoms with E-state index in [9.17, 15) is 4.79 Å². The van der Waals surface area contributed by atoms with Crippen LogP contribution < -0.4 is 10.6 Å². The van der Waals surface area contributed by atoms with Gasteiger partial charge in [-0.3, -0.25) is 9.69 Å². The Balaban J connectivity index is 1.81. The fourth-order valence-electron chi connectivity index (χ4n) is 3.82. The zero-order valence-electron chi connectivity index (χ0n) is 13.9. The van der Waals surface area contributed by atoms with Gasteiger partial charge in [0.1, 0.15) is 0 Å². The van der Waals surface area contributed by atoms with Gasteiger partial charge in [0.15, 0.2) is 0 Å². The predicted molar refractivity (Wildman–Crippen MR) is 87.4 cm³/mol. The maximum absolute atomic E-state index is 12.3. The van der Waals surface area contributed by atoms with Crippen LogP contribution in [0.1, 0.15) is 65.2 Å². The lowest BCUT2D eigenvalue weighted by molar-refractivity contribution is -0.124. The molecule has 0 aromatic heterocycles. The zero-order valence-corrected chi connectivity index (χ0v) is 13.9. The van der Waals surface area contributed by atoms with E-state index in [4.69, 9.17) is 0 Å². The van der Waals surface area contributed by atoms with Gasteiger partial charge in [0.25, 0.3) is 0 Å². The van der Waals surface area contributed by atoms with Crippen molar-refractivity contribution in [2.24, 2.45) is 0 Å². The first-order valence-electron chi connectivity index (χ1n) is 8.97. The summed E-state index contributed by atoms with van der Waals surface area (Å²) in [7, 11) is 0. The average molecular weight is 295 g/mol. The first kappa shape index (κ1) is 16.8. The molecule has 0 aromatic carbocycles. The molecule has 1 amide bonds. The number of hydrogen-bond donors (Lipinski definition) is 2. The number of carbonyl (C=O) groups excluding carboxylic acids is 1. The minimum atomic E-state index is 0.233. The van der Waals surface area contributed by atoms with Crippen molar-refractivity contribution in [1.29, 1.82) is 0 Å². The number of amides is 1. The monoisotopic (exact) mass is 295 g/mol. The van der Waals surface area contributed by atoms with Crippen LogP contribution in [0.5, 0.6) is 0 Å². The highest BCUT2D eigenvalue weighted by molar-refractivity contribution is 5.78. The van der Waals surface area contributed by atoms with Crippen LogP contribution in [-0.4, -0.2) is 48.6 Å². The van der Waals surface area contributed by atoms with Crippen molar-refractivity contribution in [3.05, 3.63) is 0 Å².